The number of benzene rings is 2. The molecule has 0 heterocycles. The van der Waals surface area contributed by atoms with Gasteiger partial charge in [0, 0.05) is 25.7 Å². The predicted octanol–water partition coefficient (Wildman–Crippen LogP) is 2.80. The van der Waals surface area contributed by atoms with E-state index in [-0.39, 0.29) is 17.2 Å². The van der Waals surface area contributed by atoms with Crippen molar-refractivity contribution in [3.63, 3.8) is 0 Å². The Hall–Kier alpha value is -3.22. The maximum absolute atomic E-state index is 12.3. The van der Waals surface area contributed by atoms with Gasteiger partial charge in [0.05, 0.1) is 10.5 Å². The van der Waals surface area contributed by atoms with Crippen LogP contribution in [0.1, 0.15) is 22.8 Å². The number of likely N-dealkylation sites (N-methyl/N-ethyl adjacent to an activating group) is 1. The van der Waals surface area contributed by atoms with E-state index in [1.54, 1.807) is 7.05 Å². The van der Waals surface area contributed by atoms with Crippen molar-refractivity contribution < 1.29 is 19.2 Å². The lowest BCUT2D eigenvalue weighted by Gasteiger charge is -2.21. The van der Waals surface area contributed by atoms with Crippen LogP contribution in [0, 0.1) is 10.1 Å². The van der Waals surface area contributed by atoms with Gasteiger partial charge in [0.25, 0.3) is 11.6 Å². The van der Waals surface area contributed by atoms with E-state index in [1.807, 2.05) is 30.3 Å². The summed E-state index contributed by atoms with van der Waals surface area (Å²) >= 11 is 0. The largest absolute Gasteiger partial charge is 0.449 e. The minimum absolute atomic E-state index is 0.0274. The van der Waals surface area contributed by atoms with Crippen molar-refractivity contribution in [2.75, 3.05) is 7.05 Å². The fourth-order valence-corrected chi connectivity index (χ4v) is 2.27. The highest BCUT2D eigenvalue weighted by molar-refractivity contribution is 5.92. The Kier molecular flexibility index (Phi) is 5.84. The van der Waals surface area contributed by atoms with E-state index < -0.39 is 17.0 Å². The summed E-state index contributed by atoms with van der Waals surface area (Å²) in [5, 5.41) is 10.8. The summed E-state index contributed by atoms with van der Waals surface area (Å²) in [7, 11) is 1.62. The molecule has 0 N–H and O–H groups in total. The minimum Gasteiger partial charge on any atom is -0.449 e. The van der Waals surface area contributed by atoms with E-state index in [4.69, 9.17) is 4.74 Å². The van der Waals surface area contributed by atoms with Gasteiger partial charge in [-0.2, -0.15) is 0 Å². The molecule has 7 nitrogen and oxygen atoms in total. The van der Waals surface area contributed by atoms with Crippen LogP contribution in [0.25, 0.3) is 0 Å². The summed E-state index contributed by atoms with van der Waals surface area (Å²) < 4.78 is 5.14. The average Bonchev–Trinajstić information content (AvgIpc) is 2.61. The minimum atomic E-state index is -1.000. The molecule has 7 heteroatoms. The zero-order valence-electron chi connectivity index (χ0n) is 13.9. The third-order valence-corrected chi connectivity index (χ3v) is 3.56. The summed E-state index contributed by atoms with van der Waals surface area (Å²) in [4.78, 5) is 36.1. The summed E-state index contributed by atoms with van der Waals surface area (Å²) in [6.07, 6.45) is -1.000. The van der Waals surface area contributed by atoms with Crippen molar-refractivity contribution in [3.05, 3.63) is 75.8 Å². The van der Waals surface area contributed by atoms with Gasteiger partial charge in [0.1, 0.15) is 0 Å². The quantitative estimate of drug-likeness (QED) is 0.457. The second-order valence-corrected chi connectivity index (χ2v) is 5.53. The van der Waals surface area contributed by atoms with Crippen LogP contribution in [0.2, 0.25) is 0 Å². The first-order chi connectivity index (χ1) is 11.9. The molecule has 0 spiro atoms. The first kappa shape index (κ1) is 18.1. The zero-order chi connectivity index (χ0) is 18.4. The van der Waals surface area contributed by atoms with Gasteiger partial charge in [-0.15, -0.1) is 0 Å². The highest BCUT2D eigenvalue weighted by Gasteiger charge is 2.23. The number of nitro benzene ring substituents is 1. The number of carbonyl (C=O) groups excluding carboxylic acids is 2. The summed E-state index contributed by atoms with van der Waals surface area (Å²) in [6.45, 7) is 1.86. The Bertz CT molecular complexity index is 776. The Morgan fingerprint density at radius 1 is 1.16 bits per heavy atom. The number of rotatable bonds is 6. The van der Waals surface area contributed by atoms with Gasteiger partial charge in [-0.25, -0.2) is 4.79 Å². The number of amides is 1. The first-order valence-electron chi connectivity index (χ1n) is 7.63. The number of ether oxygens (including phenoxy) is 1. The van der Waals surface area contributed by atoms with Crippen molar-refractivity contribution in [1.29, 1.82) is 0 Å². The molecule has 0 saturated carbocycles. The molecule has 0 unspecified atom stereocenters. The number of esters is 1. The van der Waals surface area contributed by atoms with E-state index in [9.17, 15) is 19.7 Å². The van der Waals surface area contributed by atoms with Crippen molar-refractivity contribution in [1.82, 2.24) is 4.90 Å². The van der Waals surface area contributed by atoms with Crippen molar-refractivity contribution in [3.8, 4) is 0 Å². The second-order valence-electron chi connectivity index (χ2n) is 5.53. The van der Waals surface area contributed by atoms with Gasteiger partial charge in [-0.1, -0.05) is 36.4 Å². The number of nitro groups is 1. The highest BCUT2D eigenvalue weighted by Crippen LogP contribution is 2.15. The van der Waals surface area contributed by atoms with Crippen molar-refractivity contribution in [2.45, 2.75) is 19.6 Å². The van der Waals surface area contributed by atoms with Gasteiger partial charge >= 0.3 is 5.97 Å². The highest BCUT2D eigenvalue weighted by atomic mass is 16.6. The lowest BCUT2D eigenvalue weighted by atomic mass is 10.2. The van der Waals surface area contributed by atoms with Gasteiger partial charge in [-0.3, -0.25) is 14.9 Å². The fourth-order valence-electron chi connectivity index (χ4n) is 2.27. The van der Waals surface area contributed by atoms with E-state index in [2.05, 4.69) is 0 Å². The van der Waals surface area contributed by atoms with E-state index >= 15 is 0 Å². The van der Waals surface area contributed by atoms with Crippen LogP contribution in [-0.2, 0) is 16.1 Å². The molecule has 2 aromatic rings. The second kappa shape index (κ2) is 8.05. The van der Waals surface area contributed by atoms with Crippen LogP contribution in [0.4, 0.5) is 5.69 Å². The Labute approximate surface area is 145 Å². The lowest BCUT2D eigenvalue weighted by molar-refractivity contribution is -0.384. The molecular weight excluding hydrogens is 324 g/mol. The molecule has 0 aliphatic rings. The molecule has 0 bridgehead atoms. The maximum atomic E-state index is 12.3. The summed E-state index contributed by atoms with van der Waals surface area (Å²) in [6, 6.07) is 14.6. The molecule has 2 aromatic carbocycles. The fraction of sp³-hybridized carbons (Fsp3) is 0.222. The van der Waals surface area contributed by atoms with Crippen LogP contribution in [0.5, 0.6) is 0 Å². The van der Waals surface area contributed by atoms with Gasteiger partial charge in [-0.05, 0) is 18.6 Å². The average molecular weight is 342 g/mol. The van der Waals surface area contributed by atoms with Crippen LogP contribution in [-0.4, -0.2) is 34.9 Å². The SMILES string of the molecule is C[C@H](OC(=O)c1cccc([N+](=O)[O-])c1)C(=O)N(C)Cc1ccccc1. The molecule has 25 heavy (non-hydrogen) atoms. The van der Waals surface area contributed by atoms with Gasteiger partial charge < -0.3 is 9.64 Å². The maximum Gasteiger partial charge on any atom is 0.339 e. The molecule has 1 amide bonds. The third-order valence-electron chi connectivity index (χ3n) is 3.56. The molecule has 0 aromatic heterocycles. The molecule has 0 saturated heterocycles. The third kappa shape index (κ3) is 4.87. The Morgan fingerprint density at radius 3 is 2.48 bits per heavy atom. The zero-order valence-corrected chi connectivity index (χ0v) is 13.9. The number of carbonyl (C=O) groups is 2. The predicted molar refractivity (Wildman–Crippen MR) is 90.9 cm³/mol. The molecule has 0 aliphatic heterocycles. The van der Waals surface area contributed by atoms with Crippen molar-refractivity contribution >= 4 is 17.6 Å². The molecule has 130 valence electrons. The van der Waals surface area contributed by atoms with Gasteiger partial charge in [0.15, 0.2) is 6.10 Å². The van der Waals surface area contributed by atoms with E-state index in [0.29, 0.717) is 6.54 Å². The Morgan fingerprint density at radius 2 is 1.84 bits per heavy atom. The molecule has 0 fully saturated rings. The first-order valence-corrected chi connectivity index (χ1v) is 7.63. The van der Waals surface area contributed by atoms with E-state index in [0.717, 1.165) is 11.6 Å². The van der Waals surface area contributed by atoms with Crippen molar-refractivity contribution in [2.24, 2.45) is 0 Å². The van der Waals surface area contributed by atoms with E-state index in [1.165, 1.54) is 30.0 Å². The molecule has 0 radical (unpaired) electrons. The molecule has 0 aliphatic carbocycles. The molecule has 1 atom stereocenters. The standard InChI is InChI=1S/C18H18N2O5/c1-13(17(21)19(2)12-14-7-4-3-5-8-14)25-18(22)15-9-6-10-16(11-15)20(23)24/h3-11,13H,12H2,1-2H3/t13-/m0/s1. The number of nitrogens with zero attached hydrogens (tertiary/aromatic N) is 2. The van der Waals surface area contributed by atoms with Crippen LogP contribution in [0.15, 0.2) is 54.6 Å². The van der Waals surface area contributed by atoms with Gasteiger partial charge in [0.2, 0.25) is 0 Å². The Balaban J connectivity index is 1.99. The van der Waals surface area contributed by atoms with Crippen LogP contribution in [0.3, 0.4) is 0 Å². The lowest BCUT2D eigenvalue weighted by Crippen LogP contribution is -2.37. The molecule has 2 rings (SSSR count). The number of hydrogen-bond acceptors (Lipinski definition) is 5. The molecular formula is C18H18N2O5. The number of non-ortho nitro benzene ring substituents is 1. The summed E-state index contributed by atoms with van der Waals surface area (Å²) in [5.74, 6) is -1.14. The topological polar surface area (TPSA) is 89.7 Å². The van der Waals surface area contributed by atoms with Crippen LogP contribution < -0.4 is 0 Å². The monoisotopic (exact) mass is 342 g/mol. The number of hydrogen-bond donors (Lipinski definition) is 0. The summed E-state index contributed by atoms with van der Waals surface area (Å²) in [5.41, 5.74) is 0.768. The normalized spacial score (nSPS) is 11.4. The smallest absolute Gasteiger partial charge is 0.339 e. The van der Waals surface area contributed by atoms with Crippen LogP contribution >= 0.6 is 0 Å².